The highest BCUT2D eigenvalue weighted by Gasteiger charge is 2.26. The van der Waals surface area contributed by atoms with Gasteiger partial charge in [0.25, 0.3) is 0 Å². The summed E-state index contributed by atoms with van der Waals surface area (Å²) in [7, 11) is 0. The molecule has 160 valence electrons. The summed E-state index contributed by atoms with van der Waals surface area (Å²) in [5, 5.41) is 11.6. The molecule has 0 bridgehead atoms. The van der Waals surface area contributed by atoms with E-state index >= 15 is 0 Å². The van der Waals surface area contributed by atoms with Gasteiger partial charge in [-0.25, -0.2) is 4.39 Å². The summed E-state index contributed by atoms with van der Waals surface area (Å²) >= 11 is 1.29. The average Bonchev–Trinajstić information content (AvgIpc) is 3.16. The van der Waals surface area contributed by atoms with Crippen molar-refractivity contribution < 1.29 is 13.9 Å². The van der Waals surface area contributed by atoms with Crippen molar-refractivity contribution in [2.24, 2.45) is 0 Å². The third-order valence-corrected chi connectivity index (χ3v) is 6.15. The molecule has 1 aromatic heterocycles. The van der Waals surface area contributed by atoms with E-state index in [1.165, 1.54) is 17.8 Å². The van der Waals surface area contributed by atoms with Gasteiger partial charge in [0.15, 0.2) is 11.0 Å². The fourth-order valence-corrected chi connectivity index (χ4v) is 4.37. The van der Waals surface area contributed by atoms with E-state index < -0.39 is 5.25 Å². The van der Waals surface area contributed by atoms with E-state index in [2.05, 4.69) is 22.1 Å². The molecule has 1 amide bonds. The van der Waals surface area contributed by atoms with Gasteiger partial charge in [-0.3, -0.25) is 9.36 Å². The fraction of sp³-hybridized carbons (Fsp3) is 0.261. The SMILES string of the molecule is C=CCn1c(SC(C)C(=O)NC2CCOc3ccccc32)nnc1-c1ccccc1F. The zero-order valence-electron chi connectivity index (χ0n) is 17.1. The third kappa shape index (κ3) is 4.49. The molecule has 0 saturated carbocycles. The maximum atomic E-state index is 14.3. The van der Waals surface area contributed by atoms with Crippen LogP contribution in [0.5, 0.6) is 5.75 Å². The number of amides is 1. The van der Waals surface area contributed by atoms with E-state index in [0.717, 1.165) is 11.3 Å². The van der Waals surface area contributed by atoms with Crippen LogP contribution in [0.4, 0.5) is 4.39 Å². The number of hydrogen-bond acceptors (Lipinski definition) is 5. The quantitative estimate of drug-likeness (QED) is 0.438. The summed E-state index contributed by atoms with van der Waals surface area (Å²) in [6, 6.07) is 14.1. The highest BCUT2D eigenvalue weighted by molar-refractivity contribution is 8.00. The average molecular weight is 439 g/mol. The Kier molecular flexibility index (Phi) is 6.36. The van der Waals surface area contributed by atoms with Gasteiger partial charge < -0.3 is 10.1 Å². The summed E-state index contributed by atoms with van der Waals surface area (Å²) in [6.45, 7) is 6.56. The number of nitrogens with zero attached hydrogens (tertiary/aromatic N) is 3. The number of thioether (sulfide) groups is 1. The number of para-hydroxylation sites is 1. The smallest absolute Gasteiger partial charge is 0.233 e. The lowest BCUT2D eigenvalue weighted by Gasteiger charge is -2.27. The van der Waals surface area contributed by atoms with Crippen LogP contribution in [0, 0.1) is 5.82 Å². The van der Waals surface area contributed by atoms with E-state index in [0.29, 0.717) is 36.1 Å². The van der Waals surface area contributed by atoms with E-state index in [1.54, 1.807) is 28.8 Å². The lowest BCUT2D eigenvalue weighted by molar-refractivity contribution is -0.121. The van der Waals surface area contributed by atoms with Gasteiger partial charge in [-0.05, 0) is 25.1 Å². The number of nitrogens with one attached hydrogen (secondary N) is 1. The molecule has 0 spiro atoms. The summed E-state index contributed by atoms with van der Waals surface area (Å²) in [6.07, 6.45) is 2.41. The number of allylic oxidation sites excluding steroid dienone is 1. The minimum atomic E-state index is -0.420. The standard InChI is InChI=1S/C23H23FN4O2S/c1-3-13-28-21(16-8-4-6-10-18(16)24)26-27-23(28)31-15(2)22(29)25-19-12-14-30-20-11-7-5-9-17(19)20/h3-11,15,19H,1,12-14H2,2H3,(H,25,29). The first-order valence-corrected chi connectivity index (χ1v) is 10.9. The van der Waals surface area contributed by atoms with Crippen LogP contribution < -0.4 is 10.1 Å². The van der Waals surface area contributed by atoms with Crippen LogP contribution in [0.1, 0.15) is 24.9 Å². The number of rotatable bonds is 7. The number of halogens is 1. The first-order valence-electron chi connectivity index (χ1n) is 10.1. The molecule has 0 aliphatic carbocycles. The van der Waals surface area contributed by atoms with Crippen LogP contribution in [0.2, 0.25) is 0 Å². The van der Waals surface area contributed by atoms with Crippen molar-refractivity contribution in [1.29, 1.82) is 0 Å². The number of carbonyl (C=O) groups excluding carboxylic acids is 1. The number of carbonyl (C=O) groups is 1. The molecule has 0 saturated heterocycles. The molecular weight excluding hydrogens is 415 g/mol. The maximum Gasteiger partial charge on any atom is 0.233 e. The predicted molar refractivity (Wildman–Crippen MR) is 118 cm³/mol. The number of benzene rings is 2. The second-order valence-corrected chi connectivity index (χ2v) is 8.49. The van der Waals surface area contributed by atoms with Crippen LogP contribution >= 0.6 is 11.8 Å². The minimum absolute atomic E-state index is 0.0967. The third-order valence-electron chi connectivity index (χ3n) is 5.07. The van der Waals surface area contributed by atoms with Crippen molar-refractivity contribution >= 4 is 17.7 Å². The van der Waals surface area contributed by atoms with Crippen molar-refractivity contribution in [2.45, 2.75) is 36.3 Å². The second-order valence-electron chi connectivity index (χ2n) is 7.18. The van der Waals surface area contributed by atoms with Gasteiger partial charge in [-0.1, -0.05) is 48.2 Å². The minimum Gasteiger partial charge on any atom is -0.493 e. The number of fused-ring (bicyclic) bond motifs is 1. The summed E-state index contributed by atoms with van der Waals surface area (Å²) in [5.74, 6) is 0.735. The molecule has 2 atom stereocenters. The first kappa shape index (κ1) is 21.1. The molecule has 31 heavy (non-hydrogen) atoms. The van der Waals surface area contributed by atoms with Crippen LogP contribution in [-0.4, -0.2) is 32.5 Å². The van der Waals surface area contributed by atoms with Gasteiger partial charge in [0, 0.05) is 18.5 Å². The molecule has 3 aromatic rings. The van der Waals surface area contributed by atoms with Gasteiger partial charge in [-0.2, -0.15) is 0 Å². The topological polar surface area (TPSA) is 69.0 Å². The maximum absolute atomic E-state index is 14.3. The molecule has 8 heteroatoms. The molecule has 0 radical (unpaired) electrons. The Morgan fingerprint density at radius 1 is 1.32 bits per heavy atom. The number of hydrogen-bond donors (Lipinski definition) is 1. The molecule has 1 N–H and O–H groups in total. The van der Waals surface area contributed by atoms with Crippen LogP contribution in [0.25, 0.3) is 11.4 Å². The van der Waals surface area contributed by atoms with Gasteiger partial charge in [0.1, 0.15) is 11.6 Å². The van der Waals surface area contributed by atoms with Gasteiger partial charge >= 0.3 is 0 Å². The molecule has 0 fully saturated rings. The van der Waals surface area contributed by atoms with Gasteiger partial charge in [0.2, 0.25) is 5.91 Å². The van der Waals surface area contributed by atoms with Crippen LogP contribution in [-0.2, 0) is 11.3 Å². The molecule has 1 aliphatic heterocycles. The number of ether oxygens (including phenoxy) is 1. The summed E-state index contributed by atoms with van der Waals surface area (Å²) < 4.78 is 21.7. The van der Waals surface area contributed by atoms with E-state index in [9.17, 15) is 9.18 Å². The Labute approximate surface area is 184 Å². The number of aromatic nitrogens is 3. The molecule has 4 rings (SSSR count). The van der Waals surface area contributed by atoms with Crippen molar-refractivity contribution in [3.63, 3.8) is 0 Å². The van der Waals surface area contributed by atoms with Crippen LogP contribution in [0.15, 0.2) is 66.3 Å². The van der Waals surface area contributed by atoms with E-state index in [4.69, 9.17) is 4.74 Å². The Bertz CT molecular complexity index is 1100. The highest BCUT2D eigenvalue weighted by atomic mass is 32.2. The first-order chi connectivity index (χ1) is 15.1. The van der Waals surface area contributed by atoms with Gasteiger partial charge in [-0.15, -0.1) is 16.8 Å². The molecule has 6 nitrogen and oxygen atoms in total. The monoisotopic (exact) mass is 438 g/mol. The molecule has 2 aromatic carbocycles. The Morgan fingerprint density at radius 2 is 2.10 bits per heavy atom. The molecule has 2 heterocycles. The lowest BCUT2D eigenvalue weighted by Crippen LogP contribution is -2.36. The zero-order chi connectivity index (χ0) is 21.8. The highest BCUT2D eigenvalue weighted by Crippen LogP contribution is 2.33. The van der Waals surface area contributed by atoms with Gasteiger partial charge in [0.05, 0.1) is 23.5 Å². The summed E-state index contributed by atoms with van der Waals surface area (Å²) in [4.78, 5) is 12.9. The normalized spacial score (nSPS) is 16.1. The van der Waals surface area contributed by atoms with Crippen molar-refractivity contribution in [1.82, 2.24) is 20.1 Å². The summed E-state index contributed by atoms with van der Waals surface area (Å²) in [5.41, 5.74) is 1.34. The Morgan fingerprint density at radius 3 is 2.90 bits per heavy atom. The fourth-order valence-electron chi connectivity index (χ4n) is 3.50. The van der Waals surface area contributed by atoms with Crippen LogP contribution in [0.3, 0.4) is 0 Å². The molecular formula is C23H23FN4O2S. The van der Waals surface area contributed by atoms with E-state index in [-0.39, 0.29) is 17.8 Å². The van der Waals surface area contributed by atoms with E-state index in [1.807, 2.05) is 31.2 Å². The zero-order valence-corrected chi connectivity index (χ0v) is 17.9. The largest absolute Gasteiger partial charge is 0.493 e. The van der Waals surface area contributed by atoms with Crippen molar-refractivity contribution in [2.75, 3.05) is 6.61 Å². The molecule has 2 unspecified atom stereocenters. The Hall–Kier alpha value is -3.13. The lowest BCUT2D eigenvalue weighted by atomic mass is 10.0. The Balaban J connectivity index is 1.51. The van der Waals surface area contributed by atoms with Crippen molar-refractivity contribution in [3.05, 3.63) is 72.6 Å². The second kappa shape index (κ2) is 9.34. The predicted octanol–water partition coefficient (Wildman–Crippen LogP) is 4.39. The van der Waals surface area contributed by atoms with Crippen molar-refractivity contribution in [3.8, 4) is 17.1 Å². The molecule has 1 aliphatic rings.